The lowest BCUT2D eigenvalue weighted by molar-refractivity contribution is -0.161. The number of ether oxygens (including phenoxy) is 4. The van der Waals surface area contributed by atoms with Crippen molar-refractivity contribution in [1.29, 1.82) is 0 Å². The number of aliphatic hydroxyl groups excluding tert-OH is 1. The van der Waals surface area contributed by atoms with Crippen LogP contribution in [0.1, 0.15) is 396 Å². The summed E-state index contributed by atoms with van der Waals surface area (Å²) >= 11 is 0. The Morgan fingerprint density at radius 3 is 0.732 bits per heavy atom. The van der Waals surface area contributed by atoms with Gasteiger partial charge in [0.05, 0.1) is 26.4 Å². The van der Waals surface area contributed by atoms with Crippen LogP contribution in [0.4, 0.5) is 0 Å². The van der Waals surface area contributed by atoms with E-state index in [1.54, 1.807) is 0 Å². The Bertz CT molecular complexity index is 1910. The molecule has 0 radical (unpaired) electrons. The topological polar surface area (TPSA) is 237 Å². The van der Waals surface area contributed by atoms with Gasteiger partial charge in [-0.3, -0.25) is 37.3 Å². The second kappa shape index (κ2) is 67.2. The standard InChI is InChI=1S/C78H152O17P2/c1-9-70(7)56-48-40-32-26-22-23-29-35-45-53-61-78(83)95-74(65-89-76(81)59-51-43-37-36-41-49-57-71(8)10-2)67-93-97(86,87)91-63-72(79)62-90-96(84,85)92-66-73(94-77(82)60-52-44-34-28-21-17-13-15-19-25-31-39-47-55-69(5)6)64-88-75(80)58-50-42-33-27-20-16-12-11-14-18-24-30-38-46-54-68(3)4/h68-74,79H,9-67H2,1-8H3,(H,84,85)(H,86,87)/t70?,71?,72-,73-,74-/m1/s1. The number of esters is 4. The van der Waals surface area contributed by atoms with Crippen molar-refractivity contribution in [2.24, 2.45) is 23.7 Å². The van der Waals surface area contributed by atoms with Gasteiger partial charge in [-0.1, -0.05) is 344 Å². The lowest BCUT2D eigenvalue weighted by Crippen LogP contribution is -2.30. The number of phosphoric ester groups is 2. The largest absolute Gasteiger partial charge is 0.472 e. The molecule has 19 heteroatoms. The highest BCUT2D eigenvalue weighted by Gasteiger charge is 2.30. The van der Waals surface area contributed by atoms with Crippen LogP contribution in [-0.4, -0.2) is 96.7 Å². The summed E-state index contributed by atoms with van der Waals surface area (Å²) in [5.74, 6) is 1.00. The molecule has 576 valence electrons. The fraction of sp³-hybridized carbons (Fsp3) is 0.949. The second-order valence-corrected chi connectivity index (χ2v) is 32.4. The fourth-order valence-electron chi connectivity index (χ4n) is 11.8. The van der Waals surface area contributed by atoms with Gasteiger partial charge in [-0.05, 0) is 49.4 Å². The van der Waals surface area contributed by atoms with E-state index in [0.29, 0.717) is 25.7 Å². The van der Waals surface area contributed by atoms with Crippen LogP contribution in [0.3, 0.4) is 0 Å². The van der Waals surface area contributed by atoms with Crippen LogP contribution < -0.4 is 0 Å². The van der Waals surface area contributed by atoms with Crippen LogP contribution in [0.25, 0.3) is 0 Å². The summed E-state index contributed by atoms with van der Waals surface area (Å²) in [6, 6.07) is 0. The minimum Gasteiger partial charge on any atom is -0.462 e. The first-order valence-corrected chi connectivity index (χ1v) is 43.3. The molecule has 0 aliphatic rings. The highest BCUT2D eigenvalue weighted by Crippen LogP contribution is 2.45. The zero-order valence-electron chi connectivity index (χ0n) is 63.7. The van der Waals surface area contributed by atoms with Crippen LogP contribution >= 0.6 is 15.6 Å². The van der Waals surface area contributed by atoms with Crippen LogP contribution in [0, 0.1) is 23.7 Å². The number of rotatable bonds is 75. The maximum Gasteiger partial charge on any atom is 0.472 e. The summed E-state index contributed by atoms with van der Waals surface area (Å²) in [6.45, 7) is 14.2. The van der Waals surface area contributed by atoms with Gasteiger partial charge >= 0.3 is 39.5 Å². The van der Waals surface area contributed by atoms with Crippen molar-refractivity contribution >= 4 is 39.5 Å². The first-order valence-electron chi connectivity index (χ1n) is 40.3. The molecular weight excluding hydrogens is 1270 g/mol. The van der Waals surface area contributed by atoms with Gasteiger partial charge in [0.15, 0.2) is 12.2 Å². The van der Waals surface area contributed by atoms with E-state index >= 15 is 0 Å². The van der Waals surface area contributed by atoms with E-state index in [0.717, 1.165) is 120 Å². The van der Waals surface area contributed by atoms with E-state index < -0.39 is 97.5 Å². The molecule has 3 N–H and O–H groups in total. The molecule has 17 nitrogen and oxygen atoms in total. The van der Waals surface area contributed by atoms with Gasteiger partial charge in [0.1, 0.15) is 19.3 Å². The van der Waals surface area contributed by atoms with Gasteiger partial charge in [-0.15, -0.1) is 0 Å². The summed E-state index contributed by atoms with van der Waals surface area (Å²) in [5, 5.41) is 10.6. The Labute approximate surface area is 594 Å². The molecule has 0 amide bonds. The molecule has 7 atom stereocenters. The number of phosphoric acid groups is 2. The molecule has 0 spiro atoms. The molecule has 0 saturated carbocycles. The van der Waals surface area contributed by atoms with E-state index in [1.165, 1.54) is 193 Å². The Morgan fingerprint density at radius 2 is 0.495 bits per heavy atom. The van der Waals surface area contributed by atoms with E-state index in [1.807, 2.05) is 0 Å². The number of hydrogen-bond acceptors (Lipinski definition) is 15. The quantitative estimate of drug-likeness (QED) is 0.0222. The number of carbonyl (C=O) groups excluding carboxylic acids is 4. The van der Waals surface area contributed by atoms with Crippen molar-refractivity contribution in [3.05, 3.63) is 0 Å². The molecule has 0 aromatic heterocycles. The monoisotopic (exact) mass is 1420 g/mol. The van der Waals surface area contributed by atoms with Crippen molar-refractivity contribution in [3.8, 4) is 0 Å². The minimum atomic E-state index is -4.96. The maximum absolute atomic E-state index is 13.1. The van der Waals surface area contributed by atoms with E-state index in [2.05, 4.69) is 55.4 Å². The average Bonchev–Trinajstić information content (AvgIpc) is 1.95. The Morgan fingerprint density at radius 1 is 0.289 bits per heavy atom. The first kappa shape index (κ1) is 95.1. The first-order chi connectivity index (χ1) is 46.7. The van der Waals surface area contributed by atoms with Crippen LogP contribution in [0.5, 0.6) is 0 Å². The number of hydrogen-bond donors (Lipinski definition) is 3. The van der Waals surface area contributed by atoms with Crippen molar-refractivity contribution in [2.45, 2.75) is 414 Å². The summed E-state index contributed by atoms with van der Waals surface area (Å²) in [7, 11) is -9.92. The van der Waals surface area contributed by atoms with E-state index in [-0.39, 0.29) is 25.7 Å². The molecule has 0 rings (SSSR count). The van der Waals surface area contributed by atoms with Gasteiger partial charge < -0.3 is 33.8 Å². The third kappa shape index (κ3) is 69.5. The summed E-state index contributed by atoms with van der Waals surface area (Å²) in [4.78, 5) is 72.9. The smallest absolute Gasteiger partial charge is 0.462 e. The maximum atomic E-state index is 13.1. The van der Waals surface area contributed by atoms with E-state index in [4.69, 9.17) is 37.0 Å². The van der Waals surface area contributed by atoms with Crippen molar-refractivity contribution in [2.75, 3.05) is 39.6 Å². The van der Waals surface area contributed by atoms with Gasteiger partial charge in [0.2, 0.25) is 0 Å². The molecule has 97 heavy (non-hydrogen) atoms. The number of unbranched alkanes of at least 4 members (excludes halogenated alkanes) is 39. The predicted octanol–water partition coefficient (Wildman–Crippen LogP) is 22.8. The zero-order chi connectivity index (χ0) is 71.7. The lowest BCUT2D eigenvalue weighted by Gasteiger charge is -2.21. The minimum absolute atomic E-state index is 0.105. The second-order valence-electron chi connectivity index (χ2n) is 29.5. The van der Waals surface area contributed by atoms with Crippen molar-refractivity contribution in [3.63, 3.8) is 0 Å². The highest BCUT2D eigenvalue weighted by molar-refractivity contribution is 7.47. The number of carbonyl (C=O) groups is 4. The molecule has 0 aromatic rings. The lowest BCUT2D eigenvalue weighted by atomic mass is 9.99. The highest BCUT2D eigenvalue weighted by atomic mass is 31.2. The molecule has 0 heterocycles. The Hall–Kier alpha value is -1.94. The predicted molar refractivity (Wildman–Crippen MR) is 395 cm³/mol. The zero-order valence-corrected chi connectivity index (χ0v) is 65.5. The molecule has 0 saturated heterocycles. The molecular formula is C78H152O17P2. The van der Waals surface area contributed by atoms with Crippen LogP contribution in [0.15, 0.2) is 0 Å². The molecule has 0 aromatic carbocycles. The van der Waals surface area contributed by atoms with Crippen molar-refractivity contribution < 1.29 is 80.2 Å². The summed E-state index contributed by atoms with van der Waals surface area (Å²) in [6.07, 6.45) is 52.6. The molecule has 0 aliphatic carbocycles. The van der Waals surface area contributed by atoms with E-state index in [9.17, 15) is 43.2 Å². The number of aliphatic hydroxyl groups is 1. The van der Waals surface area contributed by atoms with Gasteiger partial charge in [0.25, 0.3) is 0 Å². The molecule has 4 unspecified atom stereocenters. The van der Waals surface area contributed by atoms with Crippen LogP contribution in [-0.2, 0) is 65.4 Å². The normalized spacial score (nSPS) is 14.6. The average molecular weight is 1420 g/mol. The van der Waals surface area contributed by atoms with Crippen LogP contribution in [0.2, 0.25) is 0 Å². The Balaban J connectivity index is 5.26. The van der Waals surface area contributed by atoms with Gasteiger partial charge in [-0.25, -0.2) is 9.13 Å². The third-order valence-electron chi connectivity index (χ3n) is 18.8. The SMILES string of the molecule is CCC(C)CCCCCCCCCCCCC(=O)O[C@H](COC(=O)CCCCCCCCC(C)CC)COP(=O)(O)OC[C@H](O)COP(=O)(O)OC[C@@H](COC(=O)CCCCCCCCCCCCCCCCC(C)C)OC(=O)CCCCCCCCCCCCCCCC(C)C. The van der Waals surface area contributed by atoms with Gasteiger partial charge in [0, 0.05) is 25.7 Å². The molecule has 0 fully saturated rings. The van der Waals surface area contributed by atoms with Gasteiger partial charge in [-0.2, -0.15) is 0 Å². The third-order valence-corrected chi connectivity index (χ3v) is 20.7. The summed E-state index contributed by atoms with van der Waals surface area (Å²) < 4.78 is 68.6. The van der Waals surface area contributed by atoms with Crippen molar-refractivity contribution in [1.82, 2.24) is 0 Å². The molecule has 0 aliphatic heterocycles. The fourth-order valence-corrected chi connectivity index (χ4v) is 13.4. The molecule has 0 bridgehead atoms. The summed E-state index contributed by atoms with van der Waals surface area (Å²) in [5.41, 5.74) is 0. The Kier molecular flexibility index (Phi) is 65.9.